The third-order valence-corrected chi connectivity index (χ3v) is 4.09. The van der Waals surface area contributed by atoms with Crippen LogP contribution in [0, 0.1) is 0 Å². The van der Waals surface area contributed by atoms with Gasteiger partial charge in [-0.05, 0) is 22.6 Å². The second-order valence-electron chi connectivity index (χ2n) is 6.71. The zero-order valence-electron chi connectivity index (χ0n) is 13.5. The Hall–Kier alpha value is -2.42. The molecule has 0 aliphatic heterocycles. The third kappa shape index (κ3) is 2.91. The lowest BCUT2D eigenvalue weighted by atomic mass is 9.86. The van der Waals surface area contributed by atoms with Crippen molar-refractivity contribution in [1.82, 2.24) is 4.98 Å². The van der Waals surface area contributed by atoms with Gasteiger partial charge in [0.15, 0.2) is 0 Å². The molecule has 0 aliphatic carbocycles. The number of hydrogen-bond donors (Lipinski definition) is 1. The van der Waals surface area contributed by atoms with Crippen molar-refractivity contribution in [2.24, 2.45) is 0 Å². The van der Waals surface area contributed by atoms with Crippen LogP contribution in [0.25, 0.3) is 16.5 Å². The van der Waals surface area contributed by atoms with Gasteiger partial charge in [-0.2, -0.15) is 8.78 Å². The van der Waals surface area contributed by atoms with E-state index in [0.29, 0.717) is 11.1 Å². The van der Waals surface area contributed by atoms with Gasteiger partial charge in [-0.1, -0.05) is 63.2 Å². The summed E-state index contributed by atoms with van der Waals surface area (Å²) in [6.07, 6.45) is -0.0186. The van der Waals surface area contributed by atoms with Gasteiger partial charge in [0.25, 0.3) is 6.08 Å². The zero-order valence-corrected chi connectivity index (χ0v) is 13.5. The van der Waals surface area contributed by atoms with Gasteiger partial charge in [0, 0.05) is 22.7 Å². The summed E-state index contributed by atoms with van der Waals surface area (Å²) in [6, 6.07) is 14.9. The molecular formula is C20H19F2N. The fourth-order valence-electron chi connectivity index (χ4n) is 2.78. The van der Waals surface area contributed by atoms with E-state index in [2.05, 4.69) is 25.8 Å². The molecule has 0 saturated carbocycles. The van der Waals surface area contributed by atoms with Gasteiger partial charge in [0.2, 0.25) is 0 Å². The summed E-state index contributed by atoms with van der Waals surface area (Å²) in [7, 11) is 0. The molecule has 0 amide bonds. The molecule has 0 saturated heterocycles. The maximum Gasteiger partial charge on any atom is 0.278 e. The Kier molecular flexibility index (Phi) is 3.80. The largest absolute Gasteiger partial charge is 0.361 e. The summed E-state index contributed by atoms with van der Waals surface area (Å²) in [6.45, 7) is 6.32. The number of hydrogen-bond acceptors (Lipinski definition) is 0. The lowest BCUT2D eigenvalue weighted by molar-refractivity contribution is 0.426. The van der Waals surface area contributed by atoms with E-state index in [1.54, 1.807) is 18.3 Å². The highest BCUT2D eigenvalue weighted by Crippen LogP contribution is 2.34. The summed E-state index contributed by atoms with van der Waals surface area (Å²) < 4.78 is 27.4. The minimum absolute atomic E-state index is 0.00253. The summed E-state index contributed by atoms with van der Waals surface area (Å²) >= 11 is 0. The number of aromatic nitrogens is 1. The van der Waals surface area contributed by atoms with Gasteiger partial charge < -0.3 is 4.98 Å². The second-order valence-corrected chi connectivity index (χ2v) is 6.71. The fourth-order valence-corrected chi connectivity index (χ4v) is 2.78. The van der Waals surface area contributed by atoms with Crippen LogP contribution in [0.15, 0.2) is 60.8 Å². The third-order valence-electron chi connectivity index (χ3n) is 4.09. The van der Waals surface area contributed by atoms with E-state index >= 15 is 0 Å². The SMILES string of the molecule is CC(C)(C)c1ccc(C(=C(F)F)c2c[nH]c3ccccc23)cc1. The van der Waals surface area contributed by atoms with Gasteiger partial charge in [-0.15, -0.1) is 0 Å². The average Bonchev–Trinajstić information content (AvgIpc) is 2.91. The Morgan fingerprint density at radius 1 is 0.913 bits per heavy atom. The Morgan fingerprint density at radius 3 is 2.17 bits per heavy atom. The number of nitrogens with one attached hydrogen (secondary N) is 1. The number of rotatable bonds is 2. The predicted octanol–water partition coefficient (Wildman–Crippen LogP) is 6.12. The molecular weight excluding hydrogens is 292 g/mol. The van der Waals surface area contributed by atoms with Crippen LogP contribution in [0.2, 0.25) is 0 Å². The van der Waals surface area contributed by atoms with Crippen LogP contribution in [-0.4, -0.2) is 4.98 Å². The van der Waals surface area contributed by atoms with Gasteiger partial charge >= 0.3 is 0 Å². The molecule has 118 valence electrons. The molecule has 3 heteroatoms. The maximum absolute atomic E-state index is 13.7. The smallest absolute Gasteiger partial charge is 0.278 e. The number of halogens is 2. The molecule has 1 nitrogen and oxygen atoms in total. The lowest BCUT2D eigenvalue weighted by Gasteiger charge is -2.19. The molecule has 0 bridgehead atoms. The van der Waals surface area contributed by atoms with Crippen molar-refractivity contribution in [3.05, 3.63) is 77.5 Å². The quantitative estimate of drug-likeness (QED) is 0.586. The highest BCUT2D eigenvalue weighted by Gasteiger charge is 2.18. The van der Waals surface area contributed by atoms with E-state index in [1.807, 2.05) is 36.4 Å². The molecule has 3 aromatic rings. The maximum atomic E-state index is 13.7. The Bertz CT molecular complexity index is 861. The topological polar surface area (TPSA) is 15.8 Å². The Morgan fingerprint density at radius 2 is 1.57 bits per heavy atom. The van der Waals surface area contributed by atoms with Crippen molar-refractivity contribution in [3.63, 3.8) is 0 Å². The van der Waals surface area contributed by atoms with E-state index in [0.717, 1.165) is 16.5 Å². The number of para-hydroxylation sites is 1. The Balaban J connectivity index is 2.12. The number of aromatic amines is 1. The summed E-state index contributed by atoms with van der Waals surface area (Å²) in [4.78, 5) is 3.06. The highest BCUT2D eigenvalue weighted by atomic mass is 19.3. The molecule has 1 N–H and O–H groups in total. The van der Waals surface area contributed by atoms with Crippen LogP contribution in [-0.2, 0) is 5.41 Å². The molecule has 0 aliphatic rings. The van der Waals surface area contributed by atoms with Crippen molar-refractivity contribution in [2.45, 2.75) is 26.2 Å². The normalized spacial score (nSPS) is 11.7. The van der Waals surface area contributed by atoms with Gasteiger partial charge in [-0.25, -0.2) is 0 Å². The fraction of sp³-hybridized carbons (Fsp3) is 0.200. The van der Waals surface area contributed by atoms with Crippen molar-refractivity contribution >= 4 is 16.5 Å². The molecule has 0 spiro atoms. The van der Waals surface area contributed by atoms with Gasteiger partial charge in [0.1, 0.15) is 0 Å². The minimum Gasteiger partial charge on any atom is -0.361 e. The molecule has 0 atom stereocenters. The van der Waals surface area contributed by atoms with E-state index in [1.165, 1.54) is 0 Å². The first-order valence-electron chi connectivity index (χ1n) is 7.60. The second kappa shape index (κ2) is 5.65. The number of benzene rings is 2. The Labute approximate surface area is 134 Å². The van der Waals surface area contributed by atoms with E-state index < -0.39 is 6.08 Å². The first-order valence-corrected chi connectivity index (χ1v) is 7.60. The van der Waals surface area contributed by atoms with E-state index in [4.69, 9.17) is 0 Å². The van der Waals surface area contributed by atoms with Crippen LogP contribution >= 0.6 is 0 Å². The molecule has 0 radical (unpaired) electrons. The van der Waals surface area contributed by atoms with Crippen LogP contribution < -0.4 is 0 Å². The summed E-state index contributed by atoms with van der Waals surface area (Å²) in [5.41, 5.74) is 3.03. The lowest BCUT2D eigenvalue weighted by Crippen LogP contribution is -2.10. The minimum atomic E-state index is -1.67. The average molecular weight is 311 g/mol. The molecule has 0 unspecified atom stereocenters. The van der Waals surface area contributed by atoms with Crippen molar-refractivity contribution in [3.8, 4) is 0 Å². The molecule has 1 heterocycles. The summed E-state index contributed by atoms with van der Waals surface area (Å²) in [5.74, 6) is 0. The van der Waals surface area contributed by atoms with Gasteiger partial charge in [-0.3, -0.25) is 0 Å². The van der Waals surface area contributed by atoms with Crippen molar-refractivity contribution in [2.75, 3.05) is 0 Å². The standard InChI is InChI=1S/C20H19F2N/c1-20(2,3)14-10-8-13(9-11-14)18(19(21)22)16-12-23-17-7-5-4-6-15(16)17/h4-12,23H,1-3H3. The first kappa shape index (κ1) is 15.5. The predicted molar refractivity (Wildman–Crippen MR) is 91.7 cm³/mol. The van der Waals surface area contributed by atoms with Crippen molar-refractivity contribution < 1.29 is 8.78 Å². The van der Waals surface area contributed by atoms with Crippen LogP contribution in [0.5, 0.6) is 0 Å². The van der Waals surface area contributed by atoms with E-state index in [9.17, 15) is 8.78 Å². The molecule has 1 aromatic heterocycles. The van der Waals surface area contributed by atoms with Crippen molar-refractivity contribution in [1.29, 1.82) is 0 Å². The molecule has 2 aromatic carbocycles. The molecule has 3 rings (SSSR count). The van der Waals surface area contributed by atoms with Gasteiger partial charge in [0.05, 0.1) is 5.57 Å². The summed E-state index contributed by atoms with van der Waals surface area (Å²) in [5, 5.41) is 0.801. The van der Waals surface area contributed by atoms with Crippen LogP contribution in [0.3, 0.4) is 0 Å². The molecule has 0 fully saturated rings. The highest BCUT2D eigenvalue weighted by molar-refractivity contribution is 5.97. The number of H-pyrrole nitrogens is 1. The molecule has 23 heavy (non-hydrogen) atoms. The zero-order chi connectivity index (χ0) is 16.6. The number of fused-ring (bicyclic) bond motifs is 1. The monoisotopic (exact) mass is 311 g/mol. The van der Waals surface area contributed by atoms with Crippen LogP contribution in [0.4, 0.5) is 8.78 Å². The van der Waals surface area contributed by atoms with Crippen LogP contribution in [0.1, 0.15) is 37.5 Å². The van der Waals surface area contributed by atoms with E-state index in [-0.39, 0.29) is 11.0 Å². The first-order chi connectivity index (χ1) is 10.9.